The van der Waals surface area contributed by atoms with Gasteiger partial charge in [-0.15, -0.1) is 0 Å². The minimum Gasteiger partial charge on any atom is -0.326 e. The molecule has 0 saturated carbocycles. The standard InChI is InChI=1S/C24H25ClN2O/c1-16-13-14-17(2)22(15-16)27-24(28)23(19-9-5-4-6-10-19)26-18(3)20-11-7-8-12-21(20)25/h4-15,18,23,26H,1-3H3,(H,27,28)/p+1/t18-,23-/m0/s1. The summed E-state index contributed by atoms with van der Waals surface area (Å²) in [5, 5.41) is 5.90. The van der Waals surface area contributed by atoms with Crippen LogP contribution in [0.4, 0.5) is 5.69 Å². The third-order valence-corrected chi connectivity index (χ3v) is 5.31. The Morgan fingerprint density at radius 2 is 1.64 bits per heavy atom. The molecule has 28 heavy (non-hydrogen) atoms. The first kappa shape index (κ1) is 20.1. The van der Waals surface area contributed by atoms with E-state index < -0.39 is 0 Å². The van der Waals surface area contributed by atoms with Gasteiger partial charge in [-0.3, -0.25) is 4.79 Å². The van der Waals surface area contributed by atoms with Crippen molar-refractivity contribution in [1.29, 1.82) is 0 Å². The first-order valence-electron chi connectivity index (χ1n) is 9.48. The lowest BCUT2D eigenvalue weighted by Crippen LogP contribution is -2.87. The van der Waals surface area contributed by atoms with Crippen LogP contribution in [0.25, 0.3) is 0 Å². The van der Waals surface area contributed by atoms with Crippen LogP contribution in [-0.4, -0.2) is 5.91 Å². The summed E-state index contributed by atoms with van der Waals surface area (Å²) >= 11 is 6.38. The molecule has 3 rings (SSSR count). The van der Waals surface area contributed by atoms with E-state index in [4.69, 9.17) is 11.6 Å². The summed E-state index contributed by atoms with van der Waals surface area (Å²) in [6.45, 7) is 6.10. The summed E-state index contributed by atoms with van der Waals surface area (Å²) in [5.41, 5.74) is 4.99. The van der Waals surface area contributed by atoms with Gasteiger partial charge >= 0.3 is 0 Å². The Bertz CT molecular complexity index is 956. The van der Waals surface area contributed by atoms with Gasteiger partial charge in [-0.05, 0) is 44.0 Å². The predicted octanol–water partition coefficient (Wildman–Crippen LogP) is 4.96. The quantitative estimate of drug-likeness (QED) is 0.610. The van der Waals surface area contributed by atoms with Crippen LogP contribution >= 0.6 is 11.6 Å². The van der Waals surface area contributed by atoms with Gasteiger partial charge in [0.05, 0.1) is 0 Å². The van der Waals surface area contributed by atoms with Crippen LogP contribution in [0.2, 0.25) is 5.02 Å². The van der Waals surface area contributed by atoms with Crippen LogP contribution in [0.3, 0.4) is 0 Å². The number of rotatable bonds is 6. The summed E-state index contributed by atoms with van der Waals surface area (Å²) in [7, 11) is 0. The van der Waals surface area contributed by atoms with Gasteiger partial charge in [-0.1, -0.05) is 72.3 Å². The lowest BCUT2D eigenvalue weighted by molar-refractivity contribution is -0.718. The van der Waals surface area contributed by atoms with E-state index in [9.17, 15) is 4.79 Å². The Kier molecular flexibility index (Phi) is 6.50. The number of carbonyl (C=O) groups is 1. The van der Waals surface area contributed by atoms with Crippen molar-refractivity contribution in [2.24, 2.45) is 0 Å². The number of quaternary nitrogens is 1. The van der Waals surface area contributed by atoms with Crippen molar-refractivity contribution in [3.63, 3.8) is 0 Å². The largest absolute Gasteiger partial charge is 0.326 e. The van der Waals surface area contributed by atoms with Crippen molar-refractivity contribution in [2.75, 3.05) is 5.32 Å². The van der Waals surface area contributed by atoms with Gasteiger partial charge in [0.25, 0.3) is 5.91 Å². The Labute approximate surface area is 171 Å². The summed E-state index contributed by atoms with van der Waals surface area (Å²) in [6, 6.07) is 23.4. The number of halogens is 1. The average molecular weight is 394 g/mol. The monoisotopic (exact) mass is 393 g/mol. The summed E-state index contributed by atoms with van der Waals surface area (Å²) in [6.07, 6.45) is 0. The van der Waals surface area contributed by atoms with E-state index in [0.717, 1.165) is 27.9 Å². The zero-order chi connectivity index (χ0) is 20.1. The van der Waals surface area contributed by atoms with Crippen LogP contribution in [0, 0.1) is 13.8 Å². The molecule has 3 nitrogen and oxygen atoms in total. The topological polar surface area (TPSA) is 45.7 Å². The van der Waals surface area contributed by atoms with E-state index in [-0.39, 0.29) is 18.0 Å². The van der Waals surface area contributed by atoms with Crippen molar-refractivity contribution in [2.45, 2.75) is 32.9 Å². The molecule has 0 aliphatic carbocycles. The van der Waals surface area contributed by atoms with Crippen LogP contribution < -0.4 is 10.6 Å². The van der Waals surface area contributed by atoms with Crippen LogP contribution in [0.5, 0.6) is 0 Å². The van der Waals surface area contributed by atoms with Crippen molar-refractivity contribution < 1.29 is 10.1 Å². The molecule has 0 radical (unpaired) electrons. The molecule has 0 fully saturated rings. The van der Waals surface area contributed by atoms with E-state index in [1.165, 1.54) is 0 Å². The molecule has 2 atom stereocenters. The number of anilines is 1. The SMILES string of the molecule is Cc1ccc(C)c(NC(=O)[C@@H]([NH2+][C@@H](C)c2ccccc2Cl)c2ccccc2)c1. The number of aryl methyl sites for hydroxylation is 2. The Morgan fingerprint density at radius 3 is 2.36 bits per heavy atom. The molecule has 1 amide bonds. The minimum atomic E-state index is -0.382. The van der Waals surface area contributed by atoms with E-state index >= 15 is 0 Å². The maximum atomic E-state index is 13.3. The molecular formula is C24H26ClN2O+. The summed E-state index contributed by atoms with van der Waals surface area (Å²) < 4.78 is 0. The van der Waals surface area contributed by atoms with Gasteiger partial charge < -0.3 is 10.6 Å². The third-order valence-electron chi connectivity index (χ3n) is 4.97. The van der Waals surface area contributed by atoms with E-state index in [0.29, 0.717) is 5.02 Å². The highest BCUT2D eigenvalue weighted by molar-refractivity contribution is 6.31. The van der Waals surface area contributed by atoms with Gasteiger partial charge in [-0.2, -0.15) is 0 Å². The molecule has 0 aliphatic rings. The van der Waals surface area contributed by atoms with Crippen molar-refractivity contribution in [3.05, 3.63) is 100 Å². The molecule has 3 aromatic carbocycles. The highest BCUT2D eigenvalue weighted by Gasteiger charge is 2.28. The van der Waals surface area contributed by atoms with Crippen LogP contribution in [0.1, 0.15) is 41.3 Å². The van der Waals surface area contributed by atoms with Gasteiger partial charge in [0, 0.05) is 21.8 Å². The smallest absolute Gasteiger partial charge is 0.287 e. The van der Waals surface area contributed by atoms with E-state index in [1.54, 1.807) is 0 Å². The molecule has 0 heterocycles. The van der Waals surface area contributed by atoms with Gasteiger partial charge in [0.2, 0.25) is 0 Å². The normalized spacial score (nSPS) is 13.0. The second kappa shape index (κ2) is 9.05. The first-order chi connectivity index (χ1) is 13.5. The van der Waals surface area contributed by atoms with Crippen molar-refractivity contribution >= 4 is 23.2 Å². The lowest BCUT2D eigenvalue weighted by atomic mass is 10.0. The van der Waals surface area contributed by atoms with Crippen LogP contribution in [-0.2, 0) is 4.79 Å². The highest BCUT2D eigenvalue weighted by Crippen LogP contribution is 2.22. The number of hydrogen-bond donors (Lipinski definition) is 2. The molecule has 0 bridgehead atoms. The number of carbonyl (C=O) groups excluding carboxylic acids is 1. The third kappa shape index (κ3) is 4.80. The van der Waals surface area contributed by atoms with Gasteiger partial charge in [0.1, 0.15) is 6.04 Å². The Morgan fingerprint density at radius 1 is 0.964 bits per heavy atom. The van der Waals surface area contributed by atoms with Gasteiger partial charge in [0.15, 0.2) is 6.04 Å². The van der Waals surface area contributed by atoms with E-state index in [1.807, 2.05) is 86.6 Å². The lowest BCUT2D eigenvalue weighted by Gasteiger charge is -2.21. The molecule has 3 N–H and O–H groups in total. The molecule has 0 aliphatic heterocycles. The molecule has 0 unspecified atom stereocenters. The molecule has 3 aromatic rings. The molecule has 144 valence electrons. The predicted molar refractivity (Wildman–Crippen MR) is 116 cm³/mol. The first-order valence-corrected chi connectivity index (χ1v) is 9.86. The molecule has 0 aromatic heterocycles. The summed E-state index contributed by atoms with van der Waals surface area (Å²) in [4.78, 5) is 13.3. The minimum absolute atomic E-state index is 0.0308. The summed E-state index contributed by atoms with van der Waals surface area (Å²) in [5.74, 6) is -0.0428. The number of hydrogen-bond acceptors (Lipinski definition) is 1. The zero-order valence-corrected chi connectivity index (χ0v) is 17.2. The molecule has 0 saturated heterocycles. The number of nitrogens with two attached hydrogens (primary N) is 1. The fourth-order valence-electron chi connectivity index (χ4n) is 3.33. The van der Waals surface area contributed by atoms with Gasteiger partial charge in [-0.25, -0.2) is 0 Å². The number of amides is 1. The average Bonchev–Trinajstić information content (AvgIpc) is 2.69. The fourth-order valence-corrected chi connectivity index (χ4v) is 3.64. The fraction of sp³-hybridized carbons (Fsp3) is 0.208. The van der Waals surface area contributed by atoms with E-state index in [2.05, 4.69) is 17.6 Å². The van der Waals surface area contributed by atoms with Crippen LogP contribution in [0.15, 0.2) is 72.8 Å². The van der Waals surface area contributed by atoms with Crippen molar-refractivity contribution in [1.82, 2.24) is 0 Å². The Hall–Kier alpha value is -2.62. The molecular weight excluding hydrogens is 368 g/mol. The van der Waals surface area contributed by atoms with Crippen molar-refractivity contribution in [3.8, 4) is 0 Å². The second-order valence-corrected chi connectivity index (χ2v) is 7.61. The zero-order valence-electron chi connectivity index (χ0n) is 16.4. The Balaban J connectivity index is 1.88. The number of nitrogens with one attached hydrogen (secondary N) is 1. The molecule has 4 heteroatoms. The number of benzene rings is 3. The maximum absolute atomic E-state index is 13.3. The second-order valence-electron chi connectivity index (χ2n) is 7.20. The maximum Gasteiger partial charge on any atom is 0.287 e. The molecule has 0 spiro atoms. The highest BCUT2D eigenvalue weighted by atomic mass is 35.5.